The van der Waals surface area contributed by atoms with E-state index in [1.807, 2.05) is 24.3 Å². The number of methoxy groups -OCH3 is 1. The maximum atomic E-state index is 11.1. The average Bonchev–Trinajstić information content (AvgIpc) is 2.87. The molecule has 1 aliphatic heterocycles. The van der Waals surface area contributed by atoms with Crippen LogP contribution in [0.4, 0.5) is 0 Å². The third-order valence-electron chi connectivity index (χ3n) is 3.82. The van der Waals surface area contributed by atoms with Crippen LogP contribution in [-0.2, 0) is 19.7 Å². The quantitative estimate of drug-likeness (QED) is 0.802. The van der Waals surface area contributed by atoms with E-state index in [1.165, 1.54) is 5.56 Å². The predicted molar refractivity (Wildman–Crippen MR) is 77.6 cm³/mol. The number of benzene rings is 1. The van der Waals surface area contributed by atoms with Crippen molar-refractivity contribution in [2.24, 2.45) is 0 Å². The first-order valence-corrected chi connectivity index (χ1v) is 8.46. The van der Waals surface area contributed by atoms with Crippen LogP contribution >= 0.6 is 0 Å². The number of ether oxygens (including phenoxy) is 1. The highest BCUT2D eigenvalue weighted by Gasteiger charge is 2.35. The first kappa shape index (κ1) is 15.3. The smallest absolute Gasteiger partial charge is 0.264 e. The fourth-order valence-electron chi connectivity index (χ4n) is 2.68. The van der Waals surface area contributed by atoms with Gasteiger partial charge < -0.3 is 10.1 Å². The Morgan fingerprint density at radius 2 is 2.00 bits per heavy atom. The van der Waals surface area contributed by atoms with Crippen LogP contribution in [0.15, 0.2) is 24.3 Å². The fourth-order valence-corrected chi connectivity index (χ4v) is 3.07. The number of nitrogens with one attached hydrogen (secondary N) is 1. The highest BCUT2D eigenvalue weighted by atomic mass is 32.2. The second-order valence-corrected chi connectivity index (χ2v) is 6.86. The minimum Gasteiger partial charge on any atom is -0.497 e. The van der Waals surface area contributed by atoms with Gasteiger partial charge in [0.05, 0.1) is 20.0 Å². The third-order valence-corrected chi connectivity index (χ3v) is 4.42. The Labute approximate surface area is 120 Å². The van der Waals surface area contributed by atoms with Crippen LogP contribution in [0.3, 0.4) is 0 Å². The molecule has 0 bridgehead atoms. The lowest BCUT2D eigenvalue weighted by molar-refractivity contribution is 0.269. The van der Waals surface area contributed by atoms with Gasteiger partial charge in [0.2, 0.25) is 0 Å². The fraction of sp³-hybridized carbons (Fsp3) is 0.571. The zero-order valence-corrected chi connectivity index (χ0v) is 12.7. The molecule has 1 unspecified atom stereocenters. The molecule has 5 nitrogen and oxygen atoms in total. The van der Waals surface area contributed by atoms with E-state index in [1.54, 1.807) is 7.11 Å². The van der Waals surface area contributed by atoms with E-state index < -0.39 is 10.1 Å². The van der Waals surface area contributed by atoms with Gasteiger partial charge in [-0.15, -0.1) is 0 Å². The van der Waals surface area contributed by atoms with Gasteiger partial charge in [-0.25, -0.2) is 0 Å². The van der Waals surface area contributed by atoms with Crippen molar-refractivity contribution in [1.82, 2.24) is 5.32 Å². The standard InChI is InChI=1S/C14H21NO4S/c1-18-13-5-3-12(4-6-13)14(7-9-15-11-14)8-10-19-20(2,16)17/h3-6,15H,7-11H2,1-2H3. The number of hydrogen-bond acceptors (Lipinski definition) is 5. The molecule has 0 aliphatic carbocycles. The molecule has 20 heavy (non-hydrogen) atoms. The second-order valence-electron chi connectivity index (χ2n) is 5.21. The molecule has 1 saturated heterocycles. The van der Waals surface area contributed by atoms with Crippen LogP contribution in [-0.4, -0.2) is 41.5 Å². The lowest BCUT2D eigenvalue weighted by atomic mass is 9.77. The minimum absolute atomic E-state index is 0.0586. The summed E-state index contributed by atoms with van der Waals surface area (Å²) in [5, 5.41) is 3.35. The van der Waals surface area contributed by atoms with Crippen molar-refractivity contribution in [3.63, 3.8) is 0 Å². The molecule has 2 rings (SSSR count). The van der Waals surface area contributed by atoms with Gasteiger partial charge in [0.1, 0.15) is 5.75 Å². The van der Waals surface area contributed by atoms with Gasteiger partial charge in [0.15, 0.2) is 0 Å². The summed E-state index contributed by atoms with van der Waals surface area (Å²) >= 11 is 0. The Balaban J connectivity index is 2.12. The van der Waals surface area contributed by atoms with Crippen LogP contribution in [0.5, 0.6) is 5.75 Å². The third kappa shape index (κ3) is 3.71. The van der Waals surface area contributed by atoms with E-state index in [0.717, 1.165) is 31.5 Å². The van der Waals surface area contributed by atoms with Gasteiger partial charge in [0.25, 0.3) is 10.1 Å². The SMILES string of the molecule is COc1ccc(C2(CCOS(C)(=O)=O)CCNC2)cc1. The second kappa shape index (κ2) is 6.11. The molecule has 0 radical (unpaired) electrons. The molecule has 0 aromatic heterocycles. The largest absolute Gasteiger partial charge is 0.497 e. The van der Waals surface area contributed by atoms with Crippen molar-refractivity contribution in [2.75, 3.05) is 33.1 Å². The van der Waals surface area contributed by atoms with E-state index in [2.05, 4.69) is 5.32 Å². The lowest BCUT2D eigenvalue weighted by Crippen LogP contribution is -2.31. The van der Waals surface area contributed by atoms with Crippen molar-refractivity contribution >= 4 is 10.1 Å². The van der Waals surface area contributed by atoms with E-state index >= 15 is 0 Å². The Kier molecular flexibility index (Phi) is 4.67. The molecule has 112 valence electrons. The molecular formula is C14H21NO4S. The van der Waals surface area contributed by atoms with Crippen LogP contribution in [0.1, 0.15) is 18.4 Å². The molecule has 0 spiro atoms. The van der Waals surface area contributed by atoms with Gasteiger partial charge >= 0.3 is 0 Å². The summed E-state index contributed by atoms with van der Waals surface area (Å²) in [7, 11) is -1.74. The highest BCUT2D eigenvalue weighted by Crippen LogP contribution is 2.35. The first-order chi connectivity index (χ1) is 9.45. The summed E-state index contributed by atoms with van der Waals surface area (Å²) in [5.41, 5.74) is 1.14. The summed E-state index contributed by atoms with van der Waals surface area (Å²) in [6, 6.07) is 7.97. The van der Waals surface area contributed by atoms with Crippen LogP contribution in [0.2, 0.25) is 0 Å². The minimum atomic E-state index is -3.38. The van der Waals surface area contributed by atoms with Crippen molar-refractivity contribution in [3.05, 3.63) is 29.8 Å². The Hall–Kier alpha value is -1.11. The molecule has 1 fully saturated rings. The topological polar surface area (TPSA) is 64.6 Å². The maximum Gasteiger partial charge on any atom is 0.264 e. The summed E-state index contributed by atoms with van der Waals surface area (Å²) in [5.74, 6) is 0.822. The number of rotatable bonds is 6. The molecule has 1 heterocycles. The van der Waals surface area contributed by atoms with Crippen molar-refractivity contribution < 1.29 is 17.3 Å². The predicted octanol–water partition coefficient (Wildman–Crippen LogP) is 1.29. The Morgan fingerprint density at radius 1 is 1.30 bits per heavy atom. The van der Waals surface area contributed by atoms with Gasteiger partial charge in [-0.2, -0.15) is 8.42 Å². The van der Waals surface area contributed by atoms with E-state index in [0.29, 0.717) is 6.42 Å². The molecule has 0 amide bonds. The molecule has 0 saturated carbocycles. The number of hydrogen-bond donors (Lipinski definition) is 1. The van der Waals surface area contributed by atoms with E-state index in [9.17, 15) is 8.42 Å². The average molecular weight is 299 g/mol. The van der Waals surface area contributed by atoms with Gasteiger partial charge in [-0.3, -0.25) is 4.18 Å². The van der Waals surface area contributed by atoms with Crippen LogP contribution in [0, 0.1) is 0 Å². The lowest BCUT2D eigenvalue weighted by Gasteiger charge is -2.28. The molecule has 1 N–H and O–H groups in total. The van der Waals surface area contributed by atoms with Crippen molar-refractivity contribution in [3.8, 4) is 5.75 Å². The van der Waals surface area contributed by atoms with Crippen LogP contribution < -0.4 is 10.1 Å². The summed E-state index contributed by atoms with van der Waals surface area (Å²) in [4.78, 5) is 0. The normalized spacial score (nSPS) is 22.9. The monoisotopic (exact) mass is 299 g/mol. The first-order valence-electron chi connectivity index (χ1n) is 6.65. The van der Waals surface area contributed by atoms with Crippen molar-refractivity contribution in [1.29, 1.82) is 0 Å². The molecule has 1 aromatic carbocycles. The zero-order chi connectivity index (χ0) is 14.6. The highest BCUT2D eigenvalue weighted by molar-refractivity contribution is 7.85. The molecule has 1 aliphatic rings. The molecule has 1 atom stereocenters. The van der Waals surface area contributed by atoms with Gasteiger partial charge in [-0.05, 0) is 37.1 Å². The summed E-state index contributed by atoms with van der Waals surface area (Å²) in [6.45, 7) is 1.99. The molecule has 6 heteroatoms. The molecule has 1 aromatic rings. The summed E-state index contributed by atoms with van der Waals surface area (Å²) < 4.78 is 32.2. The van der Waals surface area contributed by atoms with Gasteiger partial charge in [-0.1, -0.05) is 12.1 Å². The van der Waals surface area contributed by atoms with Gasteiger partial charge in [0, 0.05) is 12.0 Å². The maximum absolute atomic E-state index is 11.1. The van der Waals surface area contributed by atoms with Crippen molar-refractivity contribution in [2.45, 2.75) is 18.3 Å². The summed E-state index contributed by atoms with van der Waals surface area (Å²) in [6.07, 6.45) is 2.74. The van der Waals surface area contributed by atoms with E-state index in [-0.39, 0.29) is 12.0 Å². The zero-order valence-electron chi connectivity index (χ0n) is 11.9. The van der Waals surface area contributed by atoms with E-state index in [4.69, 9.17) is 8.92 Å². The molecular weight excluding hydrogens is 278 g/mol. The van der Waals surface area contributed by atoms with Crippen LogP contribution in [0.25, 0.3) is 0 Å². The Bertz CT molecular complexity index is 533. The Morgan fingerprint density at radius 3 is 2.50 bits per heavy atom.